The minimum Gasteiger partial charge on any atom is -0.462 e. The Labute approximate surface area is 613 Å². The highest BCUT2D eigenvalue weighted by Gasteiger charge is 2.30. The van der Waals surface area contributed by atoms with E-state index >= 15 is 0 Å². The number of unbranched alkanes of at least 4 members (excludes halogenated alkanes) is 56. The molecule has 3 N–H and O–H groups in total. The molecule has 2 unspecified atom stereocenters. The zero-order valence-corrected chi connectivity index (χ0v) is 67.0. The topological polar surface area (TPSA) is 237 Å². The largest absolute Gasteiger partial charge is 0.472 e. The van der Waals surface area contributed by atoms with Crippen LogP contribution in [0.25, 0.3) is 0 Å². The highest BCUT2D eigenvalue weighted by atomic mass is 31.2. The molecule has 0 aromatic heterocycles. The van der Waals surface area contributed by atoms with Crippen molar-refractivity contribution >= 4 is 39.5 Å². The van der Waals surface area contributed by atoms with Crippen LogP contribution >= 0.6 is 15.6 Å². The highest BCUT2D eigenvalue weighted by molar-refractivity contribution is 7.47. The molecule has 0 aliphatic rings. The second-order valence-corrected chi connectivity index (χ2v) is 32.1. The molecule has 5 atom stereocenters. The van der Waals surface area contributed by atoms with Gasteiger partial charge >= 0.3 is 39.5 Å². The van der Waals surface area contributed by atoms with Crippen molar-refractivity contribution in [2.75, 3.05) is 39.6 Å². The molecule has 0 aliphatic heterocycles. The summed E-state index contributed by atoms with van der Waals surface area (Å²) in [5.74, 6) is -2.11. The molecule has 0 bridgehead atoms. The van der Waals surface area contributed by atoms with E-state index in [2.05, 4.69) is 27.7 Å². The molecule has 0 radical (unpaired) electrons. The lowest BCUT2D eigenvalue weighted by atomic mass is 10.0. The van der Waals surface area contributed by atoms with Crippen molar-refractivity contribution in [2.45, 2.75) is 457 Å². The quantitative estimate of drug-likeness (QED) is 0.0222. The fraction of sp³-hybridized carbons (Fsp3) is 0.951. The highest BCUT2D eigenvalue weighted by Crippen LogP contribution is 2.45. The number of hydrogen-bond acceptors (Lipinski definition) is 15. The van der Waals surface area contributed by atoms with Crippen LogP contribution in [0, 0.1) is 0 Å². The summed E-state index contributed by atoms with van der Waals surface area (Å²) in [5.41, 5.74) is 0. The van der Waals surface area contributed by atoms with Gasteiger partial charge in [-0.1, -0.05) is 387 Å². The van der Waals surface area contributed by atoms with Crippen LogP contribution in [0.4, 0.5) is 0 Å². The summed E-state index contributed by atoms with van der Waals surface area (Å²) in [6.07, 6.45) is 68.1. The first-order chi connectivity index (χ1) is 48.7. The maximum atomic E-state index is 13.1. The number of rotatable bonds is 82. The van der Waals surface area contributed by atoms with E-state index in [1.54, 1.807) is 0 Å². The van der Waals surface area contributed by atoms with Gasteiger partial charge in [0.25, 0.3) is 0 Å². The van der Waals surface area contributed by atoms with E-state index in [-0.39, 0.29) is 25.7 Å². The zero-order chi connectivity index (χ0) is 73.2. The monoisotopic (exact) mass is 1470 g/mol. The van der Waals surface area contributed by atoms with E-state index in [9.17, 15) is 43.2 Å². The van der Waals surface area contributed by atoms with E-state index in [1.165, 1.54) is 270 Å². The second-order valence-electron chi connectivity index (χ2n) is 29.2. The van der Waals surface area contributed by atoms with Gasteiger partial charge in [-0.2, -0.15) is 0 Å². The number of aliphatic hydroxyl groups is 1. The summed E-state index contributed by atoms with van der Waals surface area (Å²) in [5, 5.41) is 10.6. The number of carbonyl (C=O) groups excluding carboxylic acids is 4. The molecular formula is C81H158O17P2. The number of esters is 4. The van der Waals surface area contributed by atoms with Crippen LogP contribution in [0.2, 0.25) is 0 Å². The molecule has 0 aromatic rings. The summed E-state index contributed by atoms with van der Waals surface area (Å²) >= 11 is 0. The zero-order valence-electron chi connectivity index (χ0n) is 65.2. The minimum absolute atomic E-state index is 0.108. The predicted octanol–water partition coefficient (Wildman–Crippen LogP) is 24.6. The Bertz CT molecular complexity index is 1890. The Balaban J connectivity index is 5.18. The van der Waals surface area contributed by atoms with Gasteiger partial charge in [0.2, 0.25) is 0 Å². The second kappa shape index (κ2) is 75.3. The number of phosphoric acid groups is 2. The van der Waals surface area contributed by atoms with Crippen LogP contribution in [-0.4, -0.2) is 96.7 Å². The third kappa shape index (κ3) is 74.3. The van der Waals surface area contributed by atoms with Crippen molar-refractivity contribution in [1.82, 2.24) is 0 Å². The van der Waals surface area contributed by atoms with E-state index < -0.39 is 97.5 Å². The van der Waals surface area contributed by atoms with Gasteiger partial charge in [0.1, 0.15) is 19.3 Å². The number of carbonyl (C=O) groups is 4. The summed E-state index contributed by atoms with van der Waals surface area (Å²) in [4.78, 5) is 72.9. The number of ether oxygens (including phenoxy) is 4. The third-order valence-electron chi connectivity index (χ3n) is 19.1. The molecule has 0 saturated carbocycles. The van der Waals surface area contributed by atoms with Gasteiger partial charge in [0, 0.05) is 25.7 Å². The Morgan fingerprint density at radius 1 is 0.240 bits per heavy atom. The lowest BCUT2D eigenvalue weighted by Crippen LogP contribution is -2.30. The van der Waals surface area contributed by atoms with Crippen molar-refractivity contribution in [2.24, 2.45) is 0 Å². The average molecular weight is 1470 g/mol. The van der Waals surface area contributed by atoms with Crippen molar-refractivity contribution in [3.63, 3.8) is 0 Å². The van der Waals surface area contributed by atoms with Gasteiger partial charge in [0.15, 0.2) is 12.2 Å². The molecule has 0 aromatic carbocycles. The molecule has 0 amide bonds. The van der Waals surface area contributed by atoms with E-state index in [4.69, 9.17) is 37.0 Å². The van der Waals surface area contributed by atoms with Crippen LogP contribution in [0.1, 0.15) is 439 Å². The Morgan fingerprint density at radius 3 is 0.590 bits per heavy atom. The Morgan fingerprint density at radius 2 is 0.400 bits per heavy atom. The maximum Gasteiger partial charge on any atom is 0.472 e. The Kier molecular flexibility index (Phi) is 73.8. The fourth-order valence-electron chi connectivity index (χ4n) is 12.6. The van der Waals surface area contributed by atoms with Gasteiger partial charge in [-0.25, -0.2) is 9.13 Å². The first-order valence-electron chi connectivity index (χ1n) is 42.3. The van der Waals surface area contributed by atoms with Crippen molar-refractivity contribution in [3.8, 4) is 0 Å². The standard InChI is InChI=1S/C81H158O17P2/c1-5-9-13-17-21-25-28-30-32-34-36-38-40-42-44-47-50-54-58-62-66-79(84)92-72-77(98-81(86)68-64-60-56-52-48-45-43-41-39-37-35-33-31-29-26-22-18-14-10-6-2)74-96-100(89,90)94-70-75(82)69-93-99(87,88)95-73-76(71-91-78(83)65-61-57-53-49-24-20-16-12-8-4)97-80(85)67-63-59-55-51-46-27-23-19-15-11-7-3/h75-77,82H,5-74H2,1-4H3,(H,87,88)(H,89,90)/t75-,76+,77+/m0/s1. The molecule has 0 heterocycles. The molecular weight excluding hydrogens is 1310 g/mol. The van der Waals surface area contributed by atoms with Gasteiger partial charge < -0.3 is 33.8 Å². The number of phosphoric ester groups is 2. The SMILES string of the molecule is CCCCCCCCCCCCCCCCCCCCCCC(=O)OC[C@H](COP(=O)(O)OC[C@@H](O)COP(=O)(O)OC[C@@H](COC(=O)CCCCCCCCCCC)OC(=O)CCCCCCCCCCCCC)OC(=O)CCCCCCCCCCCCCCCCCCCCCC. The predicted molar refractivity (Wildman–Crippen MR) is 409 cm³/mol. The number of hydrogen-bond donors (Lipinski definition) is 3. The van der Waals surface area contributed by atoms with Crippen LogP contribution in [0.5, 0.6) is 0 Å². The molecule has 594 valence electrons. The first-order valence-corrected chi connectivity index (χ1v) is 45.3. The fourth-order valence-corrected chi connectivity index (χ4v) is 14.2. The summed E-state index contributed by atoms with van der Waals surface area (Å²) in [6, 6.07) is 0. The number of aliphatic hydroxyl groups excluding tert-OH is 1. The van der Waals surface area contributed by atoms with E-state index in [0.29, 0.717) is 25.7 Å². The van der Waals surface area contributed by atoms with E-state index in [0.717, 1.165) is 89.9 Å². The molecule has 0 rings (SSSR count). The van der Waals surface area contributed by atoms with Crippen molar-refractivity contribution in [3.05, 3.63) is 0 Å². The lowest BCUT2D eigenvalue weighted by molar-refractivity contribution is -0.161. The van der Waals surface area contributed by atoms with E-state index in [1.807, 2.05) is 0 Å². The lowest BCUT2D eigenvalue weighted by Gasteiger charge is -2.21. The third-order valence-corrected chi connectivity index (χ3v) is 21.0. The maximum absolute atomic E-state index is 13.1. The van der Waals surface area contributed by atoms with Crippen molar-refractivity contribution < 1.29 is 80.2 Å². The summed E-state index contributed by atoms with van der Waals surface area (Å²) < 4.78 is 68.6. The van der Waals surface area contributed by atoms with Crippen molar-refractivity contribution in [1.29, 1.82) is 0 Å². The molecule has 0 saturated heterocycles. The molecule has 17 nitrogen and oxygen atoms in total. The molecule has 0 aliphatic carbocycles. The van der Waals surface area contributed by atoms with Gasteiger partial charge in [0.05, 0.1) is 26.4 Å². The van der Waals surface area contributed by atoms with Gasteiger partial charge in [-0.05, 0) is 25.7 Å². The molecule has 100 heavy (non-hydrogen) atoms. The van der Waals surface area contributed by atoms with Gasteiger partial charge in [-0.15, -0.1) is 0 Å². The first kappa shape index (κ1) is 98.1. The van der Waals surface area contributed by atoms with Crippen LogP contribution in [0.15, 0.2) is 0 Å². The van der Waals surface area contributed by atoms with Crippen LogP contribution in [0.3, 0.4) is 0 Å². The molecule has 19 heteroatoms. The minimum atomic E-state index is -4.96. The molecule has 0 spiro atoms. The smallest absolute Gasteiger partial charge is 0.462 e. The van der Waals surface area contributed by atoms with Gasteiger partial charge in [-0.3, -0.25) is 37.3 Å². The molecule has 0 fully saturated rings. The van der Waals surface area contributed by atoms with Crippen LogP contribution < -0.4 is 0 Å². The summed E-state index contributed by atoms with van der Waals surface area (Å²) in [6.45, 7) is 5.00. The van der Waals surface area contributed by atoms with Crippen LogP contribution in [-0.2, 0) is 65.4 Å². The Hall–Kier alpha value is -1.94. The summed E-state index contributed by atoms with van der Waals surface area (Å²) in [7, 11) is -9.91. The average Bonchev–Trinajstić information content (AvgIpc) is 1.07. The normalized spacial score (nSPS) is 13.8.